The lowest BCUT2D eigenvalue weighted by Gasteiger charge is -2.26. The summed E-state index contributed by atoms with van der Waals surface area (Å²) in [6, 6.07) is 9.91. The summed E-state index contributed by atoms with van der Waals surface area (Å²) in [6.07, 6.45) is 0. The molecule has 6 heteroatoms. The van der Waals surface area contributed by atoms with Crippen LogP contribution in [0.5, 0.6) is 5.75 Å². The molecule has 2 aromatic rings. The average molecular weight is 328 g/mol. The quantitative estimate of drug-likeness (QED) is 0.877. The molecule has 0 radical (unpaired) electrons. The van der Waals surface area contributed by atoms with Crippen LogP contribution in [-0.2, 0) is 4.74 Å². The van der Waals surface area contributed by atoms with Crippen molar-refractivity contribution in [2.75, 3.05) is 51.8 Å². The van der Waals surface area contributed by atoms with E-state index in [1.54, 1.807) is 7.11 Å². The highest BCUT2D eigenvalue weighted by molar-refractivity contribution is 5.62. The Hall–Kier alpha value is -2.18. The van der Waals surface area contributed by atoms with Crippen molar-refractivity contribution in [1.82, 2.24) is 15.1 Å². The largest absolute Gasteiger partial charge is 0.497 e. The molecule has 0 atom stereocenters. The van der Waals surface area contributed by atoms with Crippen molar-refractivity contribution in [1.29, 1.82) is 0 Å². The molecule has 1 fully saturated rings. The lowest BCUT2D eigenvalue weighted by Crippen LogP contribution is -2.39. The SMILES string of the molecule is COc1ccc(-c2cc(C)c(NCCN3CCOCC3)nn2)cc1. The van der Waals surface area contributed by atoms with Crippen LogP contribution in [0.1, 0.15) is 5.56 Å². The number of benzene rings is 1. The van der Waals surface area contributed by atoms with Crippen molar-refractivity contribution in [3.05, 3.63) is 35.9 Å². The minimum absolute atomic E-state index is 0.829. The van der Waals surface area contributed by atoms with Crippen molar-refractivity contribution in [2.24, 2.45) is 0 Å². The Kier molecular flexibility index (Phi) is 5.61. The van der Waals surface area contributed by atoms with Crippen LogP contribution in [0.3, 0.4) is 0 Å². The number of hydrogen-bond donors (Lipinski definition) is 1. The van der Waals surface area contributed by atoms with E-state index in [-0.39, 0.29) is 0 Å². The fraction of sp³-hybridized carbons (Fsp3) is 0.444. The number of aromatic nitrogens is 2. The summed E-state index contributed by atoms with van der Waals surface area (Å²) in [5.41, 5.74) is 3.00. The highest BCUT2D eigenvalue weighted by Crippen LogP contribution is 2.22. The van der Waals surface area contributed by atoms with Gasteiger partial charge in [0, 0.05) is 31.7 Å². The van der Waals surface area contributed by atoms with Crippen LogP contribution >= 0.6 is 0 Å². The first-order valence-electron chi connectivity index (χ1n) is 8.29. The third-order valence-corrected chi connectivity index (χ3v) is 4.19. The second kappa shape index (κ2) is 8.08. The van der Waals surface area contributed by atoms with E-state index in [4.69, 9.17) is 9.47 Å². The Balaban J connectivity index is 1.59. The van der Waals surface area contributed by atoms with Crippen LogP contribution in [0.2, 0.25) is 0 Å². The van der Waals surface area contributed by atoms with Gasteiger partial charge in [0.25, 0.3) is 0 Å². The molecule has 128 valence electrons. The Bertz CT molecular complexity index is 655. The van der Waals surface area contributed by atoms with Crippen molar-refractivity contribution in [3.63, 3.8) is 0 Å². The molecule has 0 amide bonds. The fourth-order valence-electron chi connectivity index (χ4n) is 2.72. The lowest BCUT2D eigenvalue weighted by molar-refractivity contribution is 0.0398. The number of nitrogens with one attached hydrogen (secondary N) is 1. The van der Waals surface area contributed by atoms with Crippen LogP contribution in [0.15, 0.2) is 30.3 Å². The maximum absolute atomic E-state index is 5.36. The number of aryl methyl sites for hydroxylation is 1. The van der Waals surface area contributed by atoms with Crippen LogP contribution in [0, 0.1) is 6.92 Å². The van der Waals surface area contributed by atoms with Gasteiger partial charge in [0.05, 0.1) is 26.0 Å². The molecule has 0 spiro atoms. The summed E-state index contributed by atoms with van der Waals surface area (Å²) in [5, 5.41) is 12.1. The molecule has 0 saturated carbocycles. The standard InChI is InChI=1S/C18H24N4O2/c1-14-13-17(15-3-5-16(23-2)6-4-15)20-21-18(14)19-7-8-22-9-11-24-12-10-22/h3-6,13H,7-12H2,1-2H3,(H,19,21). The van der Waals surface area contributed by atoms with Gasteiger partial charge in [0.1, 0.15) is 5.75 Å². The normalized spacial score (nSPS) is 15.2. The molecule has 1 aliphatic rings. The first-order valence-corrected chi connectivity index (χ1v) is 8.29. The number of morpholine rings is 1. The van der Waals surface area contributed by atoms with Gasteiger partial charge in [0.2, 0.25) is 0 Å². The van der Waals surface area contributed by atoms with Crippen LogP contribution in [0.4, 0.5) is 5.82 Å². The van der Waals surface area contributed by atoms with Crippen molar-refractivity contribution in [3.8, 4) is 17.0 Å². The van der Waals surface area contributed by atoms with Crippen LogP contribution in [-0.4, -0.2) is 61.6 Å². The zero-order valence-electron chi connectivity index (χ0n) is 14.3. The van der Waals surface area contributed by atoms with E-state index in [0.29, 0.717) is 0 Å². The second-order valence-electron chi connectivity index (χ2n) is 5.87. The Morgan fingerprint density at radius 3 is 2.58 bits per heavy atom. The Morgan fingerprint density at radius 2 is 1.92 bits per heavy atom. The van der Waals surface area contributed by atoms with E-state index < -0.39 is 0 Å². The highest BCUT2D eigenvalue weighted by Gasteiger charge is 2.10. The van der Waals surface area contributed by atoms with Gasteiger partial charge in [-0.1, -0.05) is 0 Å². The molecule has 1 aromatic heterocycles. The molecule has 2 heterocycles. The Labute approximate surface area is 142 Å². The van der Waals surface area contributed by atoms with Gasteiger partial charge in [-0.2, -0.15) is 0 Å². The van der Waals surface area contributed by atoms with Gasteiger partial charge in [-0.05, 0) is 42.8 Å². The Morgan fingerprint density at radius 1 is 1.17 bits per heavy atom. The molecule has 3 rings (SSSR count). The summed E-state index contributed by atoms with van der Waals surface area (Å²) in [4.78, 5) is 2.39. The summed E-state index contributed by atoms with van der Waals surface area (Å²) in [6.45, 7) is 7.57. The topological polar surface area (TPSA) is 59.5 Å². The molecule has 0 unspecified atom stereocenters. The number of rotatable bonds is 6. The zero-order valence-corrected chi connectivity index (χ0v) is 14.3. The van der Waals surface area contributed by atoms with Gasteiger partial charge >= 0.3 is 0 Å². The smallest absolute Gasteiger partial charge is 0.151 e. The minimum Gasteiger partial charge on any atom is -0.497 e. The molecule has 0 bridgehead atoms. The summed E-state index contributed by atoms with van der Waals surface area (Å²) in [5.74, 6) is 1.69. The number of anilines is 1. The van der Waals surface area contributed by atoms with E-state index in [1.807, 2.05) is 24.3 Å². The number of hydrogen-bond acceptors (Lipinski definition) is 6. The van der Waals surface area contributed by atoms with Crippen molar-refractivity contribution in [2.45, 2.75) is 6.92 Å². The molecule has 1 aromatic carbocycles. The first kappa shape index (κ1) is 16.7. The zero-order chi connectivity index (χ0) is 16.8. The molecule has 6 nitrogen and oxygen atoms in total. The van der Waals surface area contributed by atoms with Crippen LogP contribution < -0.4 is 10.1 Å². The fourth-order valence-corrected chi connectivity index (χ4v) is 2.72. The summed E-state index contributed by atoms with van der Waals surface area (Å²) in [7, 11) is 1.66. The monoisotopic (exact) mass is 328 g/mol. The average Bonchev–Trinajstić information content (AvgIpc) is 2.64. The first-order chi connectivity index (χ1) is 11.8. The maximum atomic E-state index is 5.36. The van der Waals surface area contributed by atoms with E-state index in [0.717, 1.165) is 67.8 Å². The second-order valence-corrected chi connectivity index (χ2v) is 5.87. The molecule has 0 aliphatic carbocycles. The van der Waals surface area contributed by atoms with E-state index in [1.165, 1.54) is 0 Å². The molecule has 1 aliphatic heterocycles. The van der Waals surface area contributed by atoms with Crippen molar-refractivity contribution >= 4 is 5.82 Å². The highest BCUT2D eigenvalue weighted by atomic mass is 16.5. The molecular weight excluding hydrogens is 304 g/mol. The molecule has 1 saturated heterocycles. The third kappa shape index (κ3) is 4.21. The van der Waals surface area contributed by atoms with Crippen molar-refractivity contribution < 1.29 is 9.47 Å². The van der Waals surface area contributed by atoms with Gasteiger partial charge in [-0.15, -0.1) is 10.2 Å². The predicted molar refractivity (Wildman–Crippen MR) is 94.5 cm³/mol. The summed E-state index contributed by atoms with van der Waals surface area (Å²) >= 11 is 0. The number of ether oxygens (including phenoxy) is 2. The number of methoxy groups -OCH3 is 1. The summed E-state index contributed by atoms with van der Waals surface area (Å²) < 4.78 is 10.5. The van der Waals surface area contributed by atoms with Gasteiger partial charge in [-0.3, -0.25) is 4.90 Å². The van der Waals surface area contributed by atoms with E-state index in [9.17, 15) is 0 Å². The van der Waals surface area contributed by atoms with Crippen LogP contribution in [0.25, 0.3) is 11.3 Å². The van der Waals surface area contributed by atoms with E-state index in [2.05, 4.69) is 33.4 Å². The molecular formula is C18H24N4O2. The van der Waals surface area contributed by atoms with Gasteiger partial charge in [0.15, 0.2) is 5.82 Å². The third-order valence-electron chi connectivity index (χ3n) is 4.19. The minimum atomic E-state index is 0.829. The molecule has 1 N–H and O–H groups in total. The van der Waals surface area contributed by atoms with Gasteiger partial charge < -0.3 is 14.8 Å². The molecule has 24 heavy (non-hydrogen) atoms. The maximum Gasteiger partial charge on any atom is 0.151 e. The number of nitrogens with zero attached hydrogens (tertiary/aromatic N) is 3. The predicted octanol–water partition coefficient (Wildman–Crippen LogP) is 2.20. The van der Waals surface area contributed by atoms with E-state index >= 15 is 0 Å². The lowest BCUT2D eigenvalue weighted by atomic mass is 10.1. The van der Waals surface area contributed by atoms with Gasteiger partial charge in [-0.25, -0.2) is 0 Å².